The number of nitrogens with one attached hydrogen (secondary N) is 1. The number of hydrogen-bond donors (Lipinski definition) is 1. The number of carbonyl (C=O) groups excluding carboxylic acids is 1. The summed E-state index contributed by atoms with van der Waals surface area (Å²) in [6.07, 6.45) is -4.64. The van der Waals surface area contributed by atoms with Crippen LogP contribution >= 0.6 is 11.6 Å². The molecular formula is C13H7ClF4N2O. The highest BCUT2D eigenvalue weighted by Gasteiger charge is 2.33. The standard InChI is InChI=1S/C13H7ClF4N2O/c14-11-9(5-6-10(20-11)13(16,17)18)12(21)19-8-3-1-7(15)2-4-8/h1-6H,(H,19,21). The summed E-state index contributed by atoms with van der Waals surface area (Å²) in [7, 11) is 0. The van der Waals surface area contributed by atoms with Gasteiger partial charge in [0.15, 0.2) is 0 Å². The maximum atomic E-state index is 12.7. The lowest BCUT2D eigenvalue weighted by Crippen LogP contribution is -2.15. The second-order valence-corrected chi connectivity index (χ2v) is 4.35. The van der Waals surface area contributed by atoms with E-state index in [2.05, 4.69) is 10.3 Å². The van der Waals surface area contributed by atoms with E-state index in [1.807, 2.05) is 0 Å². The third-order valence-corrected chi connectivity index (χ3v) is 2.77. The van der Waals surface area contributed by atoms with Crippen LogP contribution in [0.1, 0.15) is 16.1 Å². The molecule has 0 spiro atoms. The molecule has 0 fully saturated rings. The van der Waals surface area contributed by atoms with Gasteiger partial charge in [-0.2, -0.15) is 13.2 Å². The van der Waals surface area contributed by atoms with E-state index in [1.54, 1.807) is 0 Å². The van der Waals surface area contributed by atoms with Crippen molar-refractivity contribution >= 4 is 23.2 Å². The fourth-order valence-corrected chi connectivity index (χ4v) is 1.73. The Bertz CT molecular complexity index is 671. The minimum atomic E-state index is -4.64. The van der Waals surface area contributed by atoms with Crippen molar-refractivity contribution in [2.45, 2.75) is 6.18 Å². The Morgan fingerprint density at radius 2 is 1.71 bits per heavy atom. The van der Waals surface area contributed by atoms with Crippen LogP contribution in [-0.4, -0.2) is 10.9 Å². The molecule has 3 nitrogen and oxygen atoms in total. The van der Waals surface area contributed by atoms with Crippen LogP contribution in [0.4, 0.5) is 23.2 Å². The fraction of sp³-hybridized carbons (Fsp3) is 0.0769. The van der Waals surface area contributed by atoms with Crippen molar-refractivity contribution in [1.82, 2.24) is 4.98 Å². The molecule has 1 amide bonds. The smallest absolute Gasteiger partial charge is 0.322 e. The van der Waals surface area contributed by atoms with Crippen LogP contribution < -0.4 is 5.32 Å². The molecule has 0 bridgehead atoms. The number of halogens is 5. The van der Waals surface area contributed by atoms with Gasteiger partial charge in [0.25, 0.3) is 5.91 Å². The van der Waals surface area contributed by atoms with Gasteiger partial charge in [0.05, 0.1) is 5.56 Å². The Kier molecular flexibility index (Phi) is 4.13. The number of nitrogens with zero attached hydrogens (tertiary/aromatic N) is 1. The molecule has 0 unspecified atom stereocenters. The number of aromatic nitrogens is 1. The SMILES string of the molecule is O=C(Nc1ccc(F)cc1)c1ccc(C(F)(F)F)nc1Cl. The van der Waals surface area contributed by atoms with E-state index in [0.29, 0.717) is 6.07 Å². The molecule has 0 aliphatic rings. The predicted molar refractivity (Wildman–Crippen MR) is 68.6 cm³/mol. The van der Waals surface area contributed by atoms with Crippen molar-refractivity contribution in [2.75, 3.05) is 5.32 Å². The molecule has 0 aliphatic heterocycles. The average Bonchev–Trinajstić information content (AvgIpc) is 2.40. The number of pyridine rings is 1. The Hall–Kier alpha value is -2.15. The average molecular weight is 319 g/mol. The first-order chi connectivity index (χ1) is 9.77. The maximum Gasteiger partial charge on any atom is 0.433 e. The highest BCUT2D eigenvalue weighted by Crippen LogP contribution is 2.29. The van der Waals surface area contributed by atoms with Crippen molar-refractivity contribution in [3.63, 3.8) is 0 Å². The first kappa shape index (κ1) is 15.2. The zero-order valence-corrected chi connectivity index (χ0v) is 11.0. The minimum absolute atomic E-state index is 0.214. The van der Waals surface area contributed by atoms with Crippen LogP contribution in [0.3, 0.4) is 0 Å². The molecule has 0 atom stereocenters. The summed E-state index contributed by atoms with van der Waals surface area (Å²) in [6, 6.07) is 6.45. The first-order valence-electron chi connectivity index (χ1n) is 5.58. The second kappa shape index (κ2) is 5.69. The Morgan fingerprint density at radius 1 is 1.10 bits per heavy atom. The highest BCUT2D eigenvalue weighted by atomic mass is 35.5. The molecule has 110 valence electrons. The molecule has 1 N–H and O–H groups in total. The molecule has 1 aromatic carbocycles. The van der Waals surface area contributed by atoms with Crippen molar-refractivity contribution in [1.29, 1.82) is 0 Å². The predicted octanol–water partition coefficient (Wildman–Crippen LogP) is 4.15. The van der Waals surface area contributed by atoms with Gasteiger partial charge in [0, 0.05) is 5.69 Å². The van der Waals surface area contributed by atoms with Gasteiger partial charge in [-0.15, -0.1) is 0 Å². The summed E-state index contributed by atoms with van der Waals surface area (Å²) in [6.45, 7) is 0. The summed E-state index contributed by atoms with van der Waals surface area (Å²) < 4.78 is 50.0. The van der Waals surface area contributed by atoms with Crippen molar-refractivity contribution in [3.8, 4) is 0 Å². The highest BCUT2D eigenvalue weighted by molar-refractivity contribution is 6.33. The van der Waals surface area contributed by atoms with Crippen molar-refractivity contribution in [2.24, 2.45) is 0 Å². The summed E-state index contributed by atoms with van der Waals surface area (Å²) in [5.74, 6) is -1.23. The van der Waals surface area contributed by atoms with E-state index in [1.165, 1.54) is 12.1 Å². The molecule has 8 heteroatoms. The first-order valence-corrected chi connectivity index (χ1v) is 5.96. The molecule has 1 aromatic heterocycles. The Balaban J connectivity index is 2.22. The number of benzene rings is 1. The maximum absolute atomic E-state index is 12.7. The normalized spacial score (nSPS) is 11.3. The summed E-state index contributed by atoms with van der Waals surface area (Å²) >= 11 is 5.59. The monoisotopic (exact) mass is 318 g/mol. The van der Waals surface area contributed by atoms with Crippen molar-refractivity contribution in [3.05, 3.63) is 58.6 Å². The molecule has 1 heterocycles. The zero-order valence-electron chi connectivity index (χ0n) is 10.2. The van der Waals surface area contributed by atoms with Gasteiger partial charge in [-0.1, -0.05) is 11.6 Å². The van der Waals surface area contributed by atoms with Crippen molar-refractivity contribution < 1.29 is 22.4 Å². The lowest BCUT2D eigenvalue weighted by Gasteiger charge is -2.09. The quantitative estimate of drug-likeness (QED) is 0.668. The lowest BCUT2D eigenvalue weighted by atomic mass is 10.2. The number of carbonyl (C=O) groups is 1. The zero-order chi connectivity index (χ0) is 15.6. The van der Waals surface area contributed by atoms with E-state index in [0.717, 1.165) is 18.2 Å². The summed E-state index contributed by atoms with van der Waals surface area (Å²) in [5.41, 5.74) is -1.13. The van der Waals surface area contributed by atoms with Gasteiger partial charge in [-0.3, -0.25) is 4.79 Å². The van der Waals surface area contributed by atoms with Crippen LogP contribution in [0.15, 0.2) is 36.4 Å². The fourth-order valence-electron chi connectivity index (χ4n) is 1.49. The lowest BCUT2D eigenvalue weighted by molar-refractivity contribution is -0.141. The number of rotatable bonds is 2. The third kappa shape index (κ3) is 3.69. The summed E-state index contributed by atoms with van der Waals surface area (Å²) in [5, 5.41) is 1.81. The molecule has 0 saturated carbocycles. The topological polar surface area (TPSA) is 42.0 Å². The van der Waals surface area contributed by atoms with Crippen LogP contribution in [0.5, 0.6) is 0 Å². The van der Waals surface area contributed by atoms with Crippen LogP contribution in [-0.2, 0) is 6.18 Å². The molecule has 0 aliphatic carbocycles. The van der Waals surface area contributed by atoms with Gasteiger partial charge in [-0.25, -0.2) is 9.37 Å². The molecule has 0 saturated heterocycles. The molecular weight excluding hydrogens is 312 g/mol. The molecule has 21 heavy (non-hydrogen) atoms. The molecule has 2 rings (SSSR count). The van der Waals surface area contributed by atoms with E-state index >= 15 is 0 Å². The summed E-state index contributed by atoms with van der Waals surface area (Å²) in [4.78, 5) is 15.0. The molecule has 0 radical (unpaired) electrons. The largest absolute Gasteiger partial charge is 0.433 e. The van der Waals surface area contributed by atoms with Crippen LogP contribution in [0, 0.1) is 5.82 Å². The van der Waals surface area contributed by atoms with Gasteiger partial charge in [-0.05, 0) is 36.4 Å². The number of anilines is 1. The molecule has 2 aromatic rings. The number of amides is 1. The van der Waals surface area contributed by atoms with Crippen LogP contribution in [0.2, 0.25) is 5.15 Å². The number of hydrogen-bond acceptors (Lipinski definition) is 2. The minimum Gasteiger partial charge on any atom is -0.322 e. The van der Waals surface area contributed by atoms with E-state index in [4.69, 9.17) is 11.6 Å². The third-order valence-electron chi connectivity index (χ3n) is 2.49. The van der Waals surface area contributed by atoms with Gasteiger partial charge < -0.3 is 5.32 Å². The van der Waals surface area contributed by atoms with Gasteiger partial charge in [0.1, 0.15) is 16.7 Å². The van der Waals surface area contributed by atoms with E-state index < -0.39 is 28.7 Å². The Morgan fingerprint density at radius 3 is 2.24 bits per heavy atom. The second-order valence-electron chi connectivity index (χ2n) is 3.99. The Labute approximate surface area is 121 Å². The van der Waals surface area contributed by atoms with Gasteiger partial charge in [0.2, 0.25) is 0 Å². The van der Waals surface area contributed by atoms with E-state index in [9.17, 15) is 22.4 Å². The van der Waals surface area contributed by atoms with E-state index in [-0.39, 0.29) is 11.3 Å². The van der Waals surface area contributed by atoms with Gasteiger partial charge >= 0.3 is 6.18 Å². The van der Waals surface area contributed by atoms with Crippen LogP contribution in [0.25, 0.3) is 0 Å². The number of alkyl halides is 3.